The molecule has 7 nitrogen and oxygen atoms in total. The number of sulfone groups is 1. The summed E-state index contributed by atoms with van der Waals surface area (Å²) in [4.78, 5) is 12.2. The van der Waals surface area contributed by atoms with E-state index in [0.29, 0.717) is 5.69 Å². The van der Waals surface area contributed by atoms with E-state index in [1.807, 2.05) is 0 Å². The number of anilines is 1. The smallest absolute Gasteiger partial charge is 0.274 e. The van der Waals surface area contributed by atoms with Crippen LogP contribution in [0.3, 0.4) is 0 Å². The van der Waals surface area contributed by atoms with Crippen LogP contribution in [0.5, 0.6) is 0 Å². The first-order valence-corrected chi connectivity index (χ1v) is 8.03. The molecule has 0 saturated carbocycles. The molecule has 0 aliphatic carbocycles. The van der Waals surface area contributed by atoms with Crippen LogP contribution >= 0.6 is 0 Å². The summed E-state index contributed by atoms with van der Waals surface area (Å²) < 4.78 is 24.1. The van der Waals surface area contributed by atoms with Gasteiger partial charge in [-0.15, -0.1) is 0 Å². The predicted octanol–water partition coefficient (Wildman–Crippen LogP) is 0.336. The highest BCUT2D eigenvalue weighted by molar-refractivity contribution is 7.90. The van der Waals surface area contributed by atoms with Crippen molar-refractivity contribution >= 4 is 21.4 Å². The average molecular weight is 308 g/mol. The Balaban J connectivity index is 2.03. The number of nitrogen functional groups attached to an aromatic ring is 1. The molecule has 1 aromatic carbocycles. The van der Waals surface area contributed by atoms with Crippen molar-refractivity contribution in [3.05, 3.63) is 41.7 Å². The summed E-state index contributed by atoms with van der Waals surface area (Å²) in [7, 11) is -1.54. The lowest BCUT2D eigenvalue weighted by Gasteiger charge is -2.05. The van der Waals surface area contributed by atoms with E-state index >= 15 is 0 Å². The molecule has 0 saturated heterocycles. The van der Waals surface area contributed by atoms with E-state index in [9.17, 15) is 13.2 Å². The van der Waals surface area contributed by atoms with Gasteiger partial charge in [0.05, 0.1) is 10.6 Å². The summed E-state index contributed by atoms with van der Waals surface area (Å²) >= 11 is 0. The van der Waals surface area contributed by atoms with Crippen molar-refractivity contribution in [3.8, 4) is 0 Å². The third-order valence-electron chi connectivity index (χ3n) is 2.88. The molecule has 8 heteroatoms. The molecular weight excluding hydrogens is 292 g/mol. The number of nitrogens with two attached hydrogens (primary N) is 1. The van der Waals surface area contributed by atoms with E-state index in [4.69, 9.17) is 5.73 Å². The highest BCUT2D eigenvalue weighted by Gasteiger charge is 2.13. The highest BCUT2D eigenvalue weighted by Crippen LogP contribution is 2.11. The van der Waals surface area contributed by atoms with Gasteiger partial charge in [0.15, 0.2) is 15.5 Å². The molecule has 21 heavy (non-hydrogen) atoms. The van der Waals surface area contributed by atoms with Crippen LogP contribution in [0.15, 0.2) is 35.4 Å². The third-order valence-corrected chi connectivity index (χ3v) is 4.01. The van der Waals surface area contributed by atoms with Crippen molar-refractivity contribution in [1.82, 2.24) is 15.1 Å². The Kier molecular flexibility index (Phi) is 3.99. The first kappa shape index (κ1) is 15.0. The van der Waals surface area contributed by atoms with Gasteiger partial charge >= 0.3 is 0 Å². The van der Waals surface area contributed by atoms with Gasteiger partial charge in [-0.3, -0.25) is 9.48 Å². The van der Waals surface area contributed by atoms with Gasteiger partial charge in [-0.25, -0.2) is 8.42 Å². The van der Waals surface area contributed by atoms with Gasteiger partial charge in [-0.05, 0) is 17.7 Å². The lowest BCUT2D eigenvalue weighted by Crippen LogP contribution is -2.24. The second kappa shape index (κ2) is 5.57. The maximum absolute atomic E-state index is 11.9. The number of carbonyl (C=O) groups is 1. The van der Waals surface area contributed by atoms with Crippen molar-refractivity contribution in [2.24, 2.45) is 7.05 Å². The fourth-order valence-corrected chi connectivity index (χ4v) is 2.43. The normalized spacial score (nSPS) is 11.3. The van der Waals surface area contributed by atoms with Crippen molar-refractivity contribution in [2.75, 3.05) is 12.0 Å². The van der Waals surface area contributed by atoms with Crippen LogP contribution in [0, 0.1) is 0 Å². The highest BCUT2D eigenvalue weighted by atomic mass is 32.2. The molecule has 0 atom stereocenters. The van der Waals surface area contributed by atoms with E-state index < -0.39 is 9.84 Å². The number of nitrogens with one attached hydrogen (secondary N) is 1. The zero-order valence-corrected chi connectivity index (χ0v) is 12.5. The Hall–Kier alpha value is -2.35. The molecule has 1 aromatic heterocycles. The first-order valence-electron chi connectivity index (χ1n) is 6.13. The molecule has 0 fully saturated rings. The van der Waals surface area contributed by atoms with Crippen molar-refractivity contribution < 1.29 is 13.2 Å². The van der Waals surface area contributed by atoms with Gasteiger partial charge in [-0.1, -0.05) is 12.1 Å². The monoisotopic (exact) mass is 308 g/mol. The van der Waals surface area contributed by atoms with E-state index in [1.54, 1.807) is 25.4 Å². The van der Waals surface area contributed by atoms with Crippen molar-refractivity contribution in [3.63, 3.8) is 0 Å². The van der Waals surface area contributed by atoms with E-state index in [2.05, 4.69) is 10.4 Å². The summed E-state index contributed by atoms with van der Waals surface area (Å²) in [6.07, 6.45) is 2.70. The summed E-state index contributed by atoms with van der Waals surface area (Å²) in [6, 6.07) is 6.31. The Morgan fingerprint density at radius 1 is 1.33 bits per heavy atom. The van der Waals surface area contributed by atoms with E-state index in [1.165, 1.54) is 16.8 Å². The minimum Gasteiger partial charge on any atom is -0.396 e. The number of carbonyl (C=O) groups excluding carboxylic acids is 1. The van der Waals surface area contributed by atoms with Crippen LogP contribution in [0.2, 0.25) is 0 Å². The average Bonchev–Trinajstić information content (AvgIpc) is 2.74. The lowest BCUT2D eigenvalue weighted by molar-refractivity contribution is 0.0946. The Morgan fingerprint density at radius 2 is 1.95 bits per heavy atom. The molecule has 2 aromatic rings. The number of benzene rings is 1. The quantitative estimate of drug-likeness (QED) is 0.846. The van der Waals surface area contributed by atoms with Gasteiger partial charge in [-0.2, -0.15) is 5.10 Å². The van der Waals surface area contributed by atoms with Crippen LogP contribution in [0.4, 0.5) is 5.69 Å². The molecule has 0 unspecified atom stereocenters. The molecule has 2 rings (SSSR count). The summed E-state index contributed by atoms with van der Waals surface area (Å²) in [6.45, 7) is 0.263. The maximum Gasteiger partial charge on any atom is 0.274 e. The fourth-order valence-electron chi connectivity index (χ4n) is 1.80. The number of hydrogen-bond acceptors (Lipinski definition) is 5. The molecule has 0 spiro atoms. The zero-order valence-electron chi connectivity index (χ0n) is 11.7. The van der Waals surface area contributed by atoms with Gasteiger partial charge in [0.1, 0.15) is 0 Å². The molecule has 1 heterocycles. The zero-order chi connectivity index (χ0) is 15.6. The molecule has 0 aliphatic rings. The number of aromatic nitrogens is 2. The lowest BCUT2D eigenvalue weighted by atomic mass is 10.2. The molecule has 112 valence electrons. The predicted molar refractivity (Wildman–Crippen MR) is 78.3 cm³/mol. The van der Waals surface area contributed by atoms with E-state index in [-0.39, 0.29) is 23.0 Å². The first-order chi connectivity index (χ1) is 9.77. The molecular formula is C13H16N4O3S. The number of aryl methyl sites for hydroxylation is 1. The number of amides is 1. The van der Waals surface area contributed by atoms with Gasteiger partial charge in [0, 0.05) is 26.0 Å². The van der Waals surface area contributed by atoms with Gasteiger partial charge in [0.25, 0.3) is 5.91 Å². The van der Waals surface area contributed by atoms with Crippen molar-refractivity contribution in [1.29, 1.82) is 0 Å². The Bertz CT molecular complexity index is 763. The second-order valence-electron chi connectivity index (χ2n) is 4.71. The van der Waals surface area contributed by atoms with Crippen LogP contribution in [-0.2, 0) is 23.4 Å². The minimum absolute atomic E-state index is 0.172. The summed E-state index contributed by atoms with van der Waals surface area (Å²) in [5, 5.41) is 6.65. The molecule has 0 radical (unpaired) electrons. The largest absolute Gasteiger partial charge is 0.396 e. The van der Waals surface area contributed by atoms with Crippen LogP contribution in [-0.4, -0.2) is 30.4 Å². The van der Waals surface area contributed by atoms with Crippen molar-refractivity contribution in [2.45, 2.75) is 11.4 Å². The Labute approximate surface area is 122 Å². The Morgan fingerprint density at radius 3 is 2.43 bits per heavy atom. The third kappa shape index (κ3) is 3.60. The minimum atomic E-state index is -3.21. The molecule has 3 N–H and O–H groups in total. The van der Waals surface area contributed by atoms with Gasteiger partial charge in [0.2, 0.25) is 0 Å². The summed E-state index contributed by atoms with van der Waals surface area (Å²) in [5.74, 6) is -0.375. The number of hydrogen-bond donors (Lipinski definition) is 2. The number of rotatable bonds is 4. The maximum atomic E-state index is 11.9. The SMILES string of the molecule is Cn1cc(N)c(C(=O)NCc2ccc(S(C)(=O)=O)cc2)n1. The van der Waals surface area contributed by atoms with Crippen LogP contribution in [0.25, 0.3) is 0 Å². The molecule has 0 bridgehead atoms. The summed E-state index contributed by atoms with van der Waals surface area (Å²) in [5.41, 5.74) is 6.93. The van der Waals surface area contributed by atoms with Crippen LogP contribution < -0.4 is 11.1 Å². The van der Waals surface area contributed by atoms with Gasteiger partial charge < -0.3 is 11.1 Å². The molecule has 0 aliphatic heterocycles. The standard InChI is InChI=1S/C13H16N4O3S/c1-17-8-11(14)12(16-17)13(18)15-7-9-3-5-10(6-4-9)21(2,19)20/h3-6,8H,7,14H2,1-2H3,(H,15,18). The van der Waals surface area contributed by atoms with E-state index in [0.717, 1.165) is 11.8 Å². The molecule has 1 amide bonds. The number of nitrogens with zero attached hydrogens (tertiary/aromatic N) is 2. The second-order valence-corrected chi connectivity index (χ2v) is 6.72. The topological polar surface area (TPSA) is 107 Å². The fraction of sp³-hybridized carbons (Fsp3) is 0.231. The van der Waals surface area contributed by atoms with Crippen LogP contribution in [0.1, 0.15) is 16.1 Å².